The number of para-hydroxylation sites is 1. The fourth-order valence-electron chi connectivity index (χ4n) is 1.94. The predicted molar refractivity (Wildman–Crippen MR) is 78.5 cm³/mol. The summed E-state index contributed by atoms with van der Waals surface area (Å²) in [6.07, 6.45) is 1.00. The molecule has 0 saturated carbocycles. The second-order valence-electron chi connectivity index (χ2n) is 5.45. The Labute approximate surface area is 115 Å². The largest absolute Gasteiger partial charge is 0.389 e. The Morgan fingerprint density at radius 1 is 1.37 bits per heavy atom. The van der Waals surface area contributed by atoms with E-state index in [1.54, 1.807) is 31.9 Å². The number of carbonyl (C=O) groups excluding carboxylic acids is 1. The molecule has 0 aliphatic heterocycles. The van der Waals surface area contributed by atoms with Crippen molar-refractivity contribution in [3.8, 4) is 0 Å². The Bertz CT molecular complexity index is 424. The lowest BCUT2D eigenvalue weighted by molar-refractivity contribution is 0.0368. The molecule has 0 heterocycles. The molecule has 2 N–H and O–H groups in total. The van der Waals surface area contributed by atoms with Gasteiger partial charge in [-0.05, 0) is 32.4 Å². The third-order valence-electron chi connectivity index (χ3n) is 2.69. The molecule has 0 radical (unpaired) electrons. The van der Waals surface area contributed by atoms with Crippen molar-refractivity contribution >= 4 is 11.6 Å². The molecule has 1 aromatic carbocycles. The molecule has 0 unspecified atom stereocenters. The molecule has 0 spiro atoms. The summed E-state index contributed by atoms with van der Waals surface area (Å²) in [5, 5.41) is 13.0. The number of amides is 1. The molecule has 0 saturated heterocycles. The Kier molecular flexibility index (Phi) is 5.36. The fraction of sp³-hybridized carbons (Fsp3) is 0.533. The monoisotopic (exact) mass is 264 g/mol. The highest BCUT2D eigenvalue weighted by Gasteiger charge is 2.21. The maximum atomic E-state index is 12.4. The van der Waals surface area contributed by atoms with Crippen LogP contribution < -0.4 is 5.32 Å². The molecule has 0 aliphatic rings. The SMILES string of the molecule is CCCNc1ccccc1C(=O)N(C)CC(C)(C)O. The highest BCUT2D eigenvalue weighted by atomic mass is 16.3. The quantitative estimate of drug-likeness (QED) is 0.829. The number of carbonyl (C=O) groups is 1. The summed E-state index contributed by atoms with van der Waals surface area (Å²) < 4.78 is 0. The van der Waals surface area contributed by atoms with Gasteiger partial charge in [0.15, 0.2) is 0 Å². The maximum absolute atomic E-state index is 12.4. The lowest BCUT2D eigenvalue weighted by Crippen LogP contribution is -2.39. The second kappa shape index (κ2) is 6.57. The van der Waals surface area contributed by atoms with E-state index in [4.69, 9.17) is 0 Å². The van der Waals surface area contributed by atoms with E-state index >= 15 is 0 Å². The van der Waals surface area contributed by atoms with Crippen molar-refractivity contribution in [3.05, 3.63) is 29.8 Å². The highest BCUT2D eigenvalue weighted by molar-refractivity contribution is 5.99. The van der Waals surface area contributed by atoms with E-state index in [9.17, 15) is 9.90 Å². The van der Waals surface area contributed by atoms with Crippen LogP contribution in [-0.4, -0.2) is 41.7 Å². The summed E-state index contributed by atoms with van der Waals surface area (Å²) in [4.78, 5) is 13.9. The van der Waals surface area contributed by atoms with Crippen LogP contribution in [0, 0.1) is 0 Å². The first-order chi connectivity index (χ1) is 8.85. The van der Waals surface area contributed by atoms with Crippen LogP contribution in [0.4, 0.5) is 5.69 Å². The van der Waals surface area contributed by atoms with Crippen molar-refractivity contribution in [2.45, 2.75) is 32.8 Å². The van der Waals surface area contributed by atoms with E-state index in [0.29, 0.717) is 12.1 Å². The minimum absolute atomic E-state index is 0.0821. The van der Waals surface area contributed by atoms with Crippen molar-refractivity contribution in [2.24, 2.45) is 0 Å². The van der Waals surface area contributed by atoms with Crippen molar-refractivity contribution in [1.29, 1.82) is 0 Å². The Morgan fingerprint density at radius 2 is 2.00 bits per heavy atom. The molecular weight excluding hydrogens is 240 g/mol. The highest BCUT2D eigenvalue weighted by Crippen LogP contribution is 2.17. The van der Waals surface area contributed by atoms with Crippen LogP contribution in [0.5, 0.6) is 0 Å². The van der Waals surface area contributed by atoms with Gasteiger partial charge in [0, 0.05) is 25.8 Å². The van der Waals surface area contributed by atoms with Crippen LogP contribution in [0.3, 0.4) is 0 Å². The molecule has 4 heteroatoms. The fourth-order valence-corrected chi connectivity index (χ4v) is 1.94. The molecule has 19 heavy (non-hydrogen) atoms. The first-order valence-corrected chi connectivity index (χ1v) is 6.66. The van der Waals surface area contributed by atoms with Crippen molar-refractivity contribution in [3.63, 3.8) is 0 Å². The van der Waals surface area contributed by atoms with Gasteiger partial charge in [-0.15, -0.1) is 0 Å². The van der Waals surface area contributed by atoms with E-state index in [-0.39, 0.29) is 5.91 Å². The average molecular weight is 264 g/mol. The molecule has 106 valence electrons. The number of benzene rings is 1. The van der Waals surface area contributed by atoms with E-state index in [0.717, 1.165) is 18.7 Å². The van der Waals surface area contributed by atoms with Crippen LogP contribution in [0.2, 0.25) is 0 Å². The zero-order valence-corrected chi connectivity index (χ0v) is 12.2. The molecule has 0 aliphatic carbocycles. The van der Waals surface area contributed by atoms with Crippen LogP contribution in [0.1, 0.15) is 37.6 Å². The predicted octanol–water partition coefficient (Wildman–Crippen LogP) is 2.35. The van der Waals surface area contributed by atoms with Crippen LogP contribution in [0.15, 0.2) is 24.3 Å². The zero-order valence-electron chi connectivity index (χ0n) is 12.2. The van der Waals surface area contributed by atoms with Crippen LogP contribution in [0.25, 0.3) is 0 Å². The van der Waals surface area contributed by atoms with Crippen molar-refractivity contribution in [1.82, 2.24) is 4.90 Å². The molecule has 1 amide bonds. The van der Waals surface area contributed by atoms with Crippen molar-refractivity contribution in [2.75, 3.05) is 25.5 Å². The summed E-state index contributed by atoms with van der Waals surface area (Å²) in [7, 11) is 1.71. The zero-order chi connectivity index (χ0) is 14.5. The molecule has 0 atom stereocenters. The number of anilines is 1. The van der Waals surface area contributed by atoms with Gasteiger partial charge in [-0.25, -0.2) is 0 Å². The summed E-state index contributed by atoms with van der Waals surface area (Å²) in [5.74, 6) is -0.0821. The van der Waals surface area contributed by atoms with Gasteiger partial charge < -0.3 is 15.3 Å². The number of rotatable bonds is 6. The van der Waals surface area contributed by atoms with Crippen LogP contribution in [-0.2, 0) is 0 Å². The van der Waals surface area contributed by atoms with Gasteiger partial charge in [-0.3, -0.25) is 4.79 Å². The molecule has 0 bridgehead atoms. The molecular formula is C15H24N2O2. The number of aliphatic hydroxyl groups is 1. The second-order valence-corrected chi connectivity index (χ2v) is 5.45. The van der Waals surface area contributed by atoms with Crippen molar-refractivity contribution < 1.29 is 9.90 Å². The Hall–Kier alpha value is -1.55. The number of hydrogen-bond acceptors (Lipinski definition) is 3. The standard InChI is InChI=1S/C15H24N2O2/c1-5-10-16-13-9-7-6-8-12(13)14(18)17(4)11-15(2,3)19/h6-9,16,19H,5,10-11H2,1-4H3. The van der Waals surface area contributed by atoms with Gasteiger partial charge in [-0.1, -0.05) is 19.1 Å². The normalized spacial score (nSPS) is 11.2. The minimum atomic E-state index is -0.893. The Balaban J connectivity index is 2.86. The topological polar surface area (TPSA) is 52.6 Å². The van der Waals surface area contributed by atoms with E-state index in [1.165, 1.54) is 0 Å². The van der Waals surface area contributed by atoms with Crippen LogP contribution >= 0.6 is 0 Å². The van der Waals surface area contributed by atoms with Gasteiger partial charge in [0.2, 0.25) is 0 Å². The first kappa shape index (κ1) is 15.5. The summed E-state index contributed by atoms with van der Waals surface area (Å²) in [6, 6.07) is 7.47. The van der Waals surface area contributed by atoms with E-state index in [1.807, 2.05) is 18.2 Å². The lowest BCUT2D eigenvalue weighted by atomic mass is 10.1. The van der Waals surface area contributed by atoms with Gasteiger partial charge in [0.05, 0.1) is 11.2 Å². The maximum Gasteiger partial charge on any atom is 0.255 e. The van der Waals surface area contributed by atoms with E-state index in [2.05, 4.69) is 12.2 Å². The minimum Gasteiger partial charge on any atom is -0.389 e. The molecule has 1 rings (SSSR count). The molecule has 0 aromatic heterocycles. The van der Waals surface area contributed by atoms with Gasteiger partial charge in [-0.2, -0.15) is 0 Å². The smallest absolute Gasteiger partial charge is 0.255 e. The van der Waals surface area contributed by atoms with E-state index < -0.39 is 5.60 Å². The molecule has 4 nitrogen and oxygen atoms in total. The Morgan fingerprint density at radius 3 is 2.58 bits per heavy atom. The molecule has 1 aromatic rings. The summed E-state index contributed by atoms with van der Waals surface area (Å²) in [6.45, 7) is 6.60. The van der Waals surface area contributed by atoms with Gasteiger partial charge >= 0.3 is 0 Å². The first-order valence-electron chi connectivity index (χ1n) is 6.66. The summed E-state index contributed by atoms with van der Waals surface area (Å²) in [5.41, 5.74) is 0.593. The number of hydrogen-bond donors (Lipinski definition) is 2. The molecule has 0 fully saturated rings. The number of nitrogens with one attached hydrogen (secondary N) is 1. The van der Waals surface area contributed by atoms with Gasteiger partial charge in [0.25, 0.3) is 5.91 Å². The summed E-state index contributed by atoms with van der Waals surface area (Å²) >= 11 is 0. The third-order valence-corrected chi connectivity index (χ3v) is 2.69. The number of likely N-dealkylation sites (N-methyl/N-ethyl adjacent to an activating group) is 1. The number of nitrogens with zero attached hydrogens (tertiary/aromatic N) is 1. The lowest BCUT2D eigenvalue weighted by Gasteiger charge is -2.26. The average Bonchev–Trinajstić information content (AvgIpc) is 2.33. The van der Waals surface area contributed by atoms with Gasteiger partial charge in [0.1, 0.15) is 0 Å². The third kappa shape index (κ3) is 4.91.